The normalized spacial score (nSPS) is 16.7. The van der Waals surface area contributed by atoms with E-state index in [1.807, 2.05) is 18.2 Å². The lowest BCUT2D eigenvalue weighted by molar-refractivity contribution is -0.138. The first-order valence-corrected chi connectivity index (χ1v) is 9.32. The number of ether oxygens (including phenoxy) is 1. The summed E-state index contributed by atoms with van der Waals surface area (Å²) in [6.45, 7) is 1.90. The number of amides is 1. The highest BCUT2D eigenvalue weighted by Crippen LogP contribution is 2.31. The Morgan fingerprint density at radius 1 is 1.15 bits per heavy atom. The van der Waals surface area contributed by atoms with Crippen molar-refractivity contribution in [3.63, 3.8) is 0 Å². The first-order valence-electron chi connectivity index (χ1n) is 9.32. The van der Waals surface area contributed by atoms with Crippen molar-refractivity contribution in [3.05, 3.63) is 47.8 Å². The van der Waals surface area contributed by atoms with Crippen LogP contribution in [0.2, 0.25) is 0 Å². The van der Waals surface area contributed by atoms with E-state index in [1.54, 1.807) is 17.3 Å². The van der Waals surface area contributed by atoms with Crippen LogP contribution >= 0.6 is 0 Å². The molecule has 0 atom stereocenters. The Morgan fingerprint density at radius 3 is 2.74 bits per heavy atom. The number of likely N-dealkylation sites (tertiary alicyclic amines) is 1. The lowest BCUT2D eigenvalue weighted by atomic mass is 9.93. The third-order valence-electron chi connectivity index (χ3n) is 5.37. The number of aromatic nitrogens is 1. The highest BCUT2D eigenvalue weighted by molar-refractivity contribution is 5.95. The number of fused-ring (bicyclic) bond motifs is 1. The molecule has 0 radical (unpaired) electrons. The van der Waals surface area contributed by atoms with Crippen molar-refractivity contribution < 1.29 is 19.4 Å². The maximum atomic E-state index is 12.8. The van der Waals surface area contributed by atoms with Crippen molar-refractivity contribution in [2.24, 2.45) is 5.92 Å². The fourth-order valence-corrected chi connectivity index (χ4v) is 3.85. The van der Waals surface area contributed by atoms with Gasteiger partial charge in [0.1, 0.15) is 5.75 Å². The monoisotopic (exact) mass is 366 g/mol. The highest BCUT2D eigenvalue weighted by Gasteiger charge is 2.25. The molecule has 2 aliphatic rings. The number of nitrogens with zero attached hydrogens (tertiary/aromatic N) is 2. The van der Waals surface area contributed by atoms with Crippen molar-refractivity contribution in [1.29, 1.82) is 0 Å². The molecular formula is C21H22N2O4. The highest BCUT2D eigenvalue weighted by atomic mass is 16.5. The summed E-state index contributed by atoms with van der Waals surface area (Å²) in [4.78, 5) is 29.8. The molecule has 0 bridgehead atoms. The lowest BCUT2D eigenvalue weighted by Gasteiger charge is -2.31. The summed E-state index contributed by atoms with van der Waals surface area (Å²) in [6, 6.07) is 7.95. The molecule has 2 aliphatic heterocycles. The molecule has 6 heteroatoms. The third kappa shape index (κ3) is 3.79. The van der Waals surface area contributed by atoms with Gasteiger partial charge in [-0.2, -0.15) is 0 Å². The van der Waals surface area contributed by atoms with Gasteiger partial charge in [0.05, 0.1) is 12.2 Å². The van der Waals surface area contributed by atoms with E-state index in [4.69, 9.17) is 9.84 Å². The number of aliphatic carboxylic acids is 1. The van der Waals surface area contributed by atoms with E-state index in [0.717, 1.165) is 36.1 Å². The van der Waals surface area contributed by atoms with Gasteiger partial charge in [-0.1, -0.05) is 6.07 Å². The second-order valence-corrected chi connectivity index (χ2v) is 7.22. The van der Waals surface area contributed by atoms with Crippen LogP contribution in [0.3, 0.4) is 0 Å². The van der Waals surface area contributed by atoms with Crippen LogP contribution in [0.5, 0.6) is 5.75 Å². The molecule has 1 saturated heterocycles. The van der Waals surface area contributed by atoms with E-state index in [0.29, 0.717) is 25.3 Å². The minimum absolute atomic E-state index is 0.0392. The summed E-state index contributed by atoms with van der Waals surface area (Å²) in [5, 5.41) is 8.92. The Labute approximate surface area is 157 Å². The van der Waals surface area contributed by atoms with Gasteiger partial charge in [0.2, 0.25) is 0 Å². The van der Waals surface area contributed by atoms with E-state index in [2.05, 4.69) is 11.1 Å². The first-order chi connectivity index (χ1) is 13.1. The van der Waals surface area contributed by atoms with Crippen molar-refractivity contribution in [1.82, 2.24) is 9.88 Å². The molecule has 1 fully saturated rings. The topological polar surface area (TPSA) is 79.7 Å². The fraction of sp³-hybridized carbons (Fsp3) is 0.381. The average Bonchev–Trinajstić information content (AvgIpc) is 3.15. The van der Waals surface area contributed by atoms with Crippen LogP contribution < -0.4 is 4.74 Å². The number of benzene rings is 1. The number of piperidine rings is 1. The number of carbonyl (C=O) groups excluding carboxylic acids is 1. The zero-order valence-electron chi connectivity index (χ0n) is 15.1. The van der Waals surface area contributed by atoms with Crippen LogP contribution in [0.25, 0.3) is 11.1 Å². The molecule has 140 valence electrons. The number of rotatable bonds is 4. The Kier molecular flexibility index (Phi) is 4.79. The Balaban J connectivity index is 1.48. The molecule has 27 heavy (non-hydrogen) atoms. The fourth-order valence-electron chi connectivity index (χ4n) is 3.85. The summed E-state index contributed by atoms with van der Waals surface area (Å²) in [7, 11) is 0. The van der Waals surface area contributed by atoms with Crippen molar-refractivity contribution in [2.75, 3.05) is 19.7 Å². The number of carboxylic acid groups (broad SMARTS) is 1. The molecule has 4 rings (SSSR count). The first kappa shape index (κ1) is 17.5. The van der Waals surface area contributed by atoms with Crippen molar-refractivity contribution >= 4 is 11.9 Å². The largest absolute Gasteiger partial charge is 0.493 e. The number of hydrogen-bond acceptors (Lipinski definition) is 4. The van der Waals surface area contributed by atoms with Crippen LogP contribution in [-0.2, 0) is 11.2 Å². The van der Waals surface area contributed by atoms with Gasteiger partial charge in [0, 0.05) is 43.9 Å². The summed E-state index contributed by atoms with van der Waals surface area (Å²) in [5.74, 6) is 0.284. The van der Waals surface area contributed by atoms with Crippen LogP contribution in [-0.4, -0.2) is 46.6 Å². The number of pyridine rings is 1. The van der Waals surface area contributed by atoms with E-state index in [-0.39, 0.29) is 18.2 Å². The van der Waals surface area contributed by atoms with Crippen molar-refractivity contribution in [3.8, 4) is 16.9 Å². The molecule has 1 amide bonds. The molecule has 0 aliphatic carbocycles. The van der Waals surface area contributed by atoms with Gasteiger partial charge in [-0.3, -0.25) is 14.6 Å². The van der Waals surface area contributed by atoms with Gasteiger partial charge in [-0.25, -0.2) is 0 Å². The molecule has 0 saturated carbocycles. The molecule has 2 aromatic rings. The number of hydrogen-bond donors (Lipinski definition) is 1. The smallest absolute Gasteiger partial charge is 0.303 e. The number of carboxylic acids is 1. The maximum Gasteiger partial charge on any atom is 0.303 e. The third-order valence-corrected chi connectivity index (χ3v) is 5.37. The molecule has 3 heterocycles. The molecule has 1 aromatic heterocycles. The molecule has 6 nitrogen and oxygen atoms in total. The second kappa shape index (κ2) is 7.39. The zero-order chi connectivity index (χ0) is 18.8. The predicted molar refractivity (Wildman–Crippen MR) is 99.8 cm³/mol. The minimum Gasteiger partial charge on any atom is -0.493 e. The second-order valence-electron chi connectivity index (χ2n) is 7.22. The van der Waals surface area contributed by atoms with Crippen LogP contribution in [0.1, 0.15) is 35.2 Å². The lowest BCUT2D eigenvalue weighted by Crippen LogP contribution is -2.39. The molecule has 0 spiro atoms. The standard InChI is InChI=1S/C21H22N2O4/c24-20(25)9-14-3-6-23(7-4-14)21(26)18-11-17(12-22-13-18)15-1-2-19-16(10-15)5-8-27-19/h1-2,10-14H,3-9H2,(H,24,25). The van der Waals surface area contributed by atoms with Gasteiger partial charge in [0.25, 0.3) is 5.91 Å². The van der Waals surface area contributed by atoms with Crippen LogP contribution in [0.4, 0.5) is 0 Å². The van der Waals surface area contributed by atoms with Gasteiger partial charge in [-0.05, 0) is 48.1 Å². The summed E-state index contributed by atoms with van der Waals surface area (Å²) in [6.07, 6.45) is 5.92. The minimum atomic E-state index is -0.767. The van der Waals surface area contributed by atoms with Crippen LogP contribution in [0, 0.1) is 5.92 Å². The van der Waals surface area contributed by atoms with E-state index in [1.165, 1.54) is 5.56 Å². The molecule has 1 N–H and O–H groups in total. The van der Waals surface area contributed by atoms with Gasteiger partial charge in [-0.15, -0.1) is 0 Å². The van der Waals surface area contributed by atoms with Gasteiger partial charge >= 0.3 is 5.97 Å². The Bertz CT molecular complexity index is 872. The van der Waals surface area contributed by atoms with E-state index in [9.17, 15) is 9.59 Å². The molecule has 0 unspecified atom stereocenters. The van der Waals surface area contributed by atoms with E-state index < -0.39 is 5.97 Å². The average molecular weight is 366 g/mol. The Hall–Kier alpha value is -2.89. The predicted octanol–water partition coefficient (Wildman–Crippen LogP) is 3.01. The SMILES string of the molecule is O=C(O)CC1CCN(C(=O)c2cncc(-c3ccc4c(c3)CCO4)c2)CC1. The zero-order valence-corrected chi connectivity index (χ0v) is 15.1. The molecule has 1 aromatic carbocycles. The number of carbonyl (C=O) groups is 2. The van der Waals surface area contributed by atoms with Crippen molar-refractivity contribution in [2.45, 2.75) is 25.7 Å². The summed E-state index contributed by atoms with van der Waals surface area (Å²) >= 11 is 0. The maximum absolute atomic E-state index is 12.8. The quantitative estimate of drug-likeness (QED) is 0.900. The van der Waals surface area contributed by atoms with Gasteiger partial charge in [0.15, 0.2) is 0 Å². The van der Waals surface area contributed by atoms with Crippen LogP contribution in [0.15, 0.2) is 36.7 Å². The van der Waals surface area contributed by atoms with E-state index >= 15 is 0 Å². The molecular weight excluding hydrogens is 344 g/mol. The Morgan fingerprint density at radius 2 is 1.96 bits per heavy atom. The summed E-state index contributed by atoms with van der Waals surface area (Å²) in [5.41, 5.74) is 3.70. The van der Waals surface area contributed by atoms with Gasteiger partial charge < -0.3 is 14.7 Å². The summed E-state index contributed by atoms with van der Waals surface area (Å²) < 4.78 is 5.55.